The molecule has 4 nitrogen and oxygen atoms in total. The van der Waals surface area contributed by atoms with E-state index in [2.05, 4.69) is 23.8 Å². The van der Waals surface area contributed by atoms with Gasteiger partial charge >= 0.3 is 5.97 Å². The molecule has 0 bridgehead atoms. The topological polar surface area (TPSA) is 52.1 Å². The van der Waals surface area contributed by atoms with E-state index in [4.69, 9.17) is 4.74 Å². The molecule has 0 aliphatic heterocycles. The standard InChI is InChI=1S/C27H40N2O2/c1-3-5-7-9-10-12-14-20-31-27(30)25-18-16-24(17-19-25)26-28-21-23(22-29-26)15-13-11-8-6-4-2/h16-19,21-22H,3-15,20H2,1-2H3. The summed E-state index contributed by atoms with van der Waals surface area (Å²) >= 11 is 0. The van der Waals surface area contributed by atoms with E-state index in [1.165, 1.54) is 69.8 Å². The first-order valence-corrected chi connectivity index (χ1v) is 12.3. The molecule has 0 aliphatic rings. The number of benzene rings is 1. The van der Waals surface area contributed by atoms with E-state index in [9.17, 15) is 4.79 Å². The van der Waals surface area contributed by atoms with Crippen molar-refractivity contribution >= 4 is 5.97 Å². The molecule has 0 radical (unpaired) electrons. The smallest absolute Gasteiger partial charge is 0.338 e. The van der Waals surface area contributed by atoms with Crippen LogP contribution >= 0.6 is 0 Å². The normalized spacial score (nSPS) is 10.9. The first kappa shape index (κ1) is 25.0. The molecule has 0 saturated heterocycles. The van der Waals surface area contributed by atoms with Crippen LogP contribution < -0.4 is 0 Å². The van der Waals surface area contributed by atoms with Crippen LogP contribution in [0, 0.1) is 0 Å². The monoisotopic (exact) mass is 424 g/mol. The number of carbonyl (C=O) groups is 1. The molecule has 1 heterocycles. The van der Waals surface area contributed by atoms with Crippen molar-refractivity contribution in [3.63, 3.8) is 0 Å². The summed E-state index contributed by atoms with van der Waals surface area (Å²) in [6, 6.07) is 7.38. The molecule has 0 spiro atoms. The minimum Gasteiger partial charge on any atom is -0.462 e. The number of hydrogen-bond donors (Lipinski definition) is 0. The number of aryl methyl sites for hydroxylation is 1. The van der Waals surface area contributed by atoms with Gasteiger partial charge in [0.05, 0.1) is 12.2 Å². The SMILES string of the molecule is CCCCCCCCCOC(=O)c1ccc(-c2ncc(CCCCCCC)cn2)cc1. The summed E-state index contributed by atoms with van der Waals surface area (Å²) in [7, 11) is 0. The van der Waals surface area contributed by atoms with Crippen LogP contribution in [0.2, 0.25) is 0 Å². The van der Waals surface area contributed by atoms with Crippen molar-refractivity contribution in [3.05, 3.63) is 47.8 Å². The zero-order chi connectivity index (χ0) is 22.2. The van der Waals surface area contributed by atoms with Crippen molar-refractivity contribution in [1.82, 2.24) is 9.97 Å². The number of aromatic nitrogens is 2. The highest BCUT2D eigenvalue weighted by Crippen LogP contribution is 2.17. The lowest BCUT2D eigenvalue weighted by Gasteiger charge is -2.06. The van der Waals surface area contributed by atoms with Gasteiger partial charge in [0.2, 0.25) is 0 Å². The predicted octanol–water partition coefficient (Wildman–Crippen LogP) is 7.56. The maximum atomic E-state index is 12.2. The average Bonchev–Trinajstić information content (AvgIpc) is 2.81. The molecule has 2 rings (SSSR count). The quantitative estimate of drug-likeness (QED) is 0.206. The Kier molecular flexibility index (Phi) is 12.6. The van der Waals surface area contributed by atoms with E-state index in [1.54, 1.807) is 12.1 Å². The molecule has 0 amide bonds. The fourth-order valence-electron chi connectivity index (χ4n) is 3.63. The molecule has 170 valence electrons. The van der Waals surface area contributed by atoms with Crippen LogP contribution in [-0.4, -0.2) is 22.5 Å². The van der Waals surface area contributed by atoms with E-state index < -0.39 is 0 Å². The number of nitrogens with zero attached hydrogens (tertiary/aromatic N) is 2. The Morgan fingerprint density at radius 1 is 0.742 bits per heavy atom. The molecule has 0 unspecified atom stereocenters. The van der Waals surface area contributed by atoms with Crippen molar-refractivity contribution < 1.29 is 9.53 Å². The van der Waals surface area contributed by atoms with Crippen LogP contribution in [0.25, 0.3) is 11.4 Å². The van der Waals surface area contributed by atoms with E-state index >= 15 is 0 Å². The highest BCUT2D eigenvalue weighted by atomic mass is 16.5. The molecule has 4 heteroatoms. The predicted molar refractivity (Wildman–Crippen MR) is 128 cm³/mol. The third-order valence-electron chi connectivity index (χ3n) is 5.63. The van der Waals surface area contributed by atoms with Crippen LogP contribution in [0.5, 0.6) is 0 Å². The van der Waals surface area contributed by atoms with Gasteiger partial charge in [0, 0.05) is 18.0 Å². The number of carbonyl (C=O) groups excluding carboxylic acids is 1. The molecule has 1 aromatic carbocycles. The van der Waals surface area contributed by atoms with E-state index in [-0.39, 0.29) is 5.97 Å². The maximum Gasteiger partial charge on any atom is 0.338 e. The maximum absolute atomic E-state index is 12.2. The first-order valence-electron chi connectivity index (χ1n) is 12.3. The van der Waals surface area contributed by atoms with Gasteiger partial charge in [-0.1, -0.05) is 90.2 Å². The fraction of sp³-hybridized carbons (Fsp3) is 0.593. The highest BCUT2D eigenvalue weighted by Gasteiger charge is 2.08. The number of rotatable bonds is 16. The van der Waals surface area contributed by atoms with Crippen molar-refractivity contribution in [2.45, 2.75) is 97.3 Å². The fourth-order valence-corrected chi connectivity index (χ4v) is 3.63. The van der Waals surface area contributed by atoms with Crippen LogP contribution in [0.4, 0.5) is 0 Å². The van der Waals surface area contributed by atoms with Gasteiger partial charge in [-0.05, 0) is 37.0 Å². The Bertz CT molecular complexity index is 726. The number of ether oxygens (including phenoxy) is 1. The zero-order valence-corrected chi connectivity index (χ0v) is 19.6. The summed E-state index contributed by atoms with van der Waals surface area (Å²) in [5, 5.41) is 0. The van der Waals surface area contributed by atoms with Gasteiger partial charge in [-0.2, -0.15) is 0 Å². The number of esters is 1. The average molecular weight is 425 g/mol. The van der Waals surface area contributed by atoms with Gasteiger partial charge in [0.1, 0.15) is 0 Å². The van der Waals surface area contributed by atoms with Gasteiger partial charge in [-0.3, -0.25) is 0 Å². The summed E-state index contributed by atoms with van der Waals surface area (Å²) in [5.74, 6) is 0.439. The molecule has 0 atom stereocenters. The van der Waals surface area contributed by atoms with Gasteiger partial charge in [-0.15, -0.1) is 0 Å². The third kappa shape index (κ3) is 10.1. The summed E-state index contributed by atoms with van der Waals surface area (Å²) in [4.78, 5) is 21.2. The molecule has 0 saturated carbocycles. The summed E-state index contributed by atoms with van der Waals surface area (Å²) in [5.41, 5.74) is 2.68. The highest BCUT2D eigenvalue weighted by molar-refractivity contribution is 5.89. The van der Waals surface area contributed by atoms with Gasteiger partial charge in [-0.25, -0.2) is 14.8 Å². The lowest BCUT2D eigenvalue weighted by atomic mass is 10.1. The van der Waals surface area contributed by atoms with E-state index in [0.717, 1.165) is 24.8 Å². The van der Waals surface area contributed by atoms with Crippen molar-refractivity contribution in [2.75, 3.05) is 6.61 Å². The Morgan fingerprint density at radius 2 is 1.29 bits per heavy atom. The van der Waals surface area contributed by atoms with Gasteiger partial charge < -0.3 is 4.74 Å². The molecular formula is C27H40N2O2. The Hall–Kier alpha value is -2.23. The van der Waals surface area contributed by atoms with Gasteiger partial charge in [0.15, 0.2) is 5.82 Å². The number of hydrogen-bond acceptors (Lipinski definition) is 4. The molecule has 0 N–H and O–H groups in total. The molecule has 1 aromatic heterocycles. The second-order valence-corrected chi connectivity index (χ2v) is 8.41. The molecule has 2 aromatic rings. The molecule has 0 fully saturated rings. The summed E-state index contributed by atoms with van der Waals surface area (Å²) in [6.45, 7) is 4.96. The third-order valence-corrected chi connectivity index (χ3v) is 5.63. The minimum absolute atomic E-state index is 0.253. The van der Waals surface area contributed by atoms with Crippen LogP contribution in [0.15, 0.2) is 36.7 Å². The van der Waals surface area contributed by atoms with Gasteiger partial charge in [0.25, 0.3) is 0 Å². The van der Waals surface area contributed by atoms with Crippen molar-refractivity contribution in [1.29, 1.82) is 0 Å². The van der Waals surface area contributed by atoms with E-state index in [0.29, 0.717) is 18.0 Å². The Balaban J connectivity index is 1.71. The Labute approximate surface area is 188 Å². The Morgan fingerprint density at radius 3 is 1.90 bits per heavy atom. The first-order chi connectivity index (χ1) is 15.2. The molecule has 31 heavy (non-hydrogen) atoms. The lowest BCUT2D eigenvalue weighted by Crippen LogP contribution is -2.06. The second kappa shape index (κ2) is 15.6. The number of unbranched alkanes of at least 4 members (excludes halogenated alkanes) is 10. The van der Waals surface area contributed by atoms with Crippen LogP contribution in [-0.2, 0) is 11.2 Å². The minimum atomic E-state index is -0.253. The van der Waals surface area contributed by atoms with Crippen molar-refractivity contribution in [3.8, 4) is 11.4 Å². The zero-order valence-electron chi connectivity index (χ0n) is 19.6. The second-order valence-electron chi connectivity index (χ2n) is 8.41. The van der Waals surface area contributed by atoms with Crippen LogP contribution in [0.3, 0.4) is 0 Å². The van der Waals surface area contributed by atoms with Crippen LogP contribution in [0.1, 0.15) is 107 Å². The van der Waals surface area contributed by atoms with E-state index in [1.807, 2.05) is 24.5 Å². The van der Waals surface area contributed by atoms with Crippen molar-refractivity contribution in [2.24, 2.45) is 0 Å². The molecule has 0 aliphatic carbocycles. The largest absolute Gasteiger partial charge is 0.462 e. The lowest BCUT2D eigenvalue weighted by molar-refractivity contribution is 0.0497. The summed E-state index contributed by atoms with van der Waals surface area (Å²) in [6.07, 6.45) is 19.7. The summed E-state index contributed by atoms with van der Waals surface area (Å²) < 4.78 is 5.41. The molecular weight excluding hydrogens is 384 g/mol.